The maximum Gasteiger partial charge on any atom is 0.164 e. The number of fused-ring (bicyclic) bond motifs is 1. The summed E-state index contributed by atoms with van der Waals surface area (Å²) in [5, 5.41) is 11.9. The van der Waals surface area contributed by atoms with E-state index in [2.05, 4.69) is 33.7 Å². The van der Waals surface area contributed by atoms with Crippen LogP contribution in [-0.4, -0.2) is 21.3 Å². The smallest absolute Gasteiger partial charge is 0.164 e. The molecule has 4 nitrogen and oxygen atoms in total. The number of benzene rings is 1. The predicted molar refractivity (Wildman–Crippen MR) is 68.0 cm³/mol. The molecule has 0 atom stereocenters. The number of hydrogen-bond donors (Lipinski definition) is 1. The van der Waals surface area contributed by atoms with Crippen molar-refractivity contribution in [2.75, 3.05) is 11.9 Å². The van der Waals surface area contributed by atoms with E-state index in [0.29, 0.717) is 0 Å². The number of nitrogens with zero attached hydrogens (tertiary/aromatic N) is 3. The molecule has 0 radical (unpaired) electrons. The van der Waals surface area contributed by atoms with Gasteiger partial charge in [0.25, 0.3) is 0 Å². The molecule has 17 heavy (non-hydrogen) atoms. The van der Waals surface area contributed by atoms with Crippen LogP contribution in [0.2, 0.25) is 0 Å². The Morgan fingerprint density at radius 1 is 1.29 bits per heavy atom. The van der Waals surface area contributed by atoms with E-state index in [0.717, 1.165) is 24.6 Å². The van der Waals surface area contributed by atoms with Gasteiger partial charge in [-0.1, -0.05) is 12.1 Å². The largest absolute Gasteiger partial charge is 0.385 e. The summed E-state index contributed by atoms with van der Waals surface area (Å²) in [4.78, 5) is 0. The second-order valence-corrected chi connectivity index (χ2v) is 4.49. The van der Waals surface area contributed by atoms with Gasteiger partial charge in [-0.05, 0) is 31.4 Å². The van der Waals surface area contributed by atoms with Crippen molar-refractivity contribution in [3.63, 3.8) is 0 Å². The Bertz CT molecular complexity index is 557. The van der Waals surface area contributed by atoms with Crippen LogP contribution >= 0.6 is 0 Å². The summed E-state index contributed by atoms with van der Waals surface area (Å²) in [6, 6.07) is 6.35. The van der Waals surface area contributed by atoms with Crippen LogP contribution in [0.25, 0.3) is 11.4 Å². The fourth-order valence-corrected chi connectivity index (χ4v) is 2.36. The summed E-state index contributed by atoms with van der Waals surface area (Å²) < 4.78 is 2.05. The van der Waals surface area contributed by atoms with Crippen LogP contribution in [0.1, 0.15) is 17.8 Å². The summed E-state index contributed by atoms with van der Waals surface area (Å²) in [7, 11) is 2.01. The summed E-state index contributed by atoms with van der Waals surface area (Å²) in [5.74, 6) is 1.91. The zero-order valence-electron chi connectivity index (χ0n) is 10.2. The lowest BCUT2D eigenvalue weighted by atomic mass is 9.97. The average Bonchev–Trinajstić information content (AvgIpc) is 2.69. The van der Waals surface area contributed by atoms with E-state index in [9.17, 15) is 0 Å². The molecule has 0 amide bonds. The van der Waals surface area contributed by atoms with Crippen molar-refractivity contribution in [1.82, 2.24) is 14.8 Å². The number of rotatable bonds is 1. The first-order valence-corrected chi connectivity index (χ1v) is 5.99. The third-order valence-corrected chi connectivity index (χ3v) is 3.43. The highest BCUT2D eigenvalue weighted by Crippen LogP contribution is 2.31. The minimum Gasteiger partial charge on any atom is -0.385 e. The Hall–Kier alpha value is -1.84. The Morgan fingerprint density at radius 3 is 2.94 bits per heavy atom. The van der Waals surface area contributed by atoms with Gasteiger partial charge >= 0.3 is 0 Å². The number of hydrogen-bond acceptors (Lipinski definition) is 3. The van der Waals surface area contributed by atoms with Crippen LogP contribution in [-0.2, 0) is 13.5 Å². The van der Waals surface area contributed by atoms with Gasteiger partial charge in [0.15, 0.2) is 5.82 Å². The van der Waals surface area contributed by atoms with Crippen molar-refractivity contribution in [3.05, 3.63) is 29.6 Å². The van der Waals surface area contributed by atoms with Gasteiger partial charge in [-0.25, -0.2) is 0 Å². The van der Waals surface area contributed by atoms with Crippen LogP contribution in [0.5, 0.6) is 0 Å². The lowest BCUT2D eigenvalue weighted by Crippen LogP contribution is -2.13. The first-order valence-electron chi connectivity index (χ1n) is 5.99. The lowest BCUT2D eigenvalue weighted by Gasteiger charge is -2.20. The monoisotopic (exact) mass is 228 g/mol. The molecule has 1 aromatic heterocycles. The van der Waals surface area contributed by atoms with Gasteiger partial charge in [0.1, 0.15) is 5.82 Å². The molecular formula is C13H16N4. The number of aryl methyl sites for hydroxylation is 1. The van der Waals surface area contributed by atoms with Gasteiger partial charge in [-0.3, -0.25) is 0 Å². The molecule has 0 fully saturated rings. The molecule has 1 N–H and O–H groups in total. The van der Waals surface area contributed by atoms with E-state index in [-0.39, 0.29) is 0 Å². The Kier molecular flexibility index (Phi) is 2.35. The van der Waals surface area contributed by atoms with Crippen molar-refractivity contribution in [1.29, 1.82) is 0 Å². The van der Waals surface area contributed by atoms with E-state index in [4.69, 9.17) is 0 Å². The molecular weight excluding hydrogens is 212 g/mol. The normalized spacial score (nSPS) is 14.2. The molecule has 0 unspecified atom stereocenters. The highest BCUT2D eigenvalue weighted by atomic mass is 15.3. The number of nitrogens with one attached hydrogen (secondary N) is 1. The average molecular weight is 228 g/mol. The number of aromatic nitrogens is 3. The summed E-state index contributed by atoms with van der Waals surface area (Å²) in [6.07, 6.45) is 2.30. The van der Waals surface area contributed by atoms with Gasteiger partial charge in [0.05, 0.1) is 0 Å². The van der Waals surface area contributed by atoms with E-state index in [1.807, 2.05) is 18.5 Å². The zero-order chi connectivity index (χ0) is 11.8. The minimum atomic E-state index is 0.946. The maximum atomic E-state index is 4.28. The predicted octanol–water partition coefficient (Wildman–Crippen LogP) is 2.15. The Balaban J connectivity index is 2.18. The molecule has 2 heterocycles. The summed E-state index contributed by atoms with van der Waals surface area (Å²) in [5.41, 5.74) is 3.82. The standard InChI is InChI=1S/C13H16N4/c1-9-15-16-13(17(9)2)11-5-3-7-12-10(11)6-4-8-14-12/h3,5,7,14H,4,6,8H2,1-2H3. The lowest BCUT2D eigenvalue weighted by molar-refractivity contribution is 0.824. The molecule has 0 saturated heterocycles. The van der Waals surface area contributed by atoms with E-state index in [1.165, 1.54) is 23.2 Å². The zero-order valence-corrected chi connectivity index (χ0v) is 10.2. The van der Waals surface area contributed by atoms with Crippen LogP contribution in [0.4, 0.5) is 5.69 Å². The molecule has 88 valence electrons. The fourth-order valence-electron chi connectivity index (χ4n) is 2.36. The molecule has 1 aliphatic heterocycles. The molecule has 4 heteroatoms. The first-order chi connectivity index (χ1) is 8.27. The second-order valence-electron chi connectivity index (χ2n) is 4.49. The van der Waals surface area contributed by atoms with Crippen LogP contribution in [0.15, 0.2) is 18.2 Å². The Morgan fingerprint density at radius 2 is 2.18 bits per heavy atom. The van der Waals surface area contributed by atoms with E-state index < -0.39 is 0 Å². The van der Waals surface area contributed by atoms with E-state index >= 15 is 0 Å². The van der Waals surface area contributed by atoms with Crippen molar-refractivity contribution < 1.29 is 0 Å². The topological polar surface area (TPSA) is 42.7 Å². The number of anilines is 1. The van der Waals surface area contributed by atoms with Gasteiger partial charge in [-0.15, -0.1) is 10.2 Å². The molecule has 1 aliphatic rings. The molecule has 3 rings (SSSR count). The molecule has 1 aromatic carbocycles. The molecule has 2 aromatic rings. The first kappa shape index (κ1) is 10.3. The van der Waals surface area contributed by atoms with Crippen molar-refractivity contribution in [2.24, 2.45) is 7.05 Å². The summed E-state index contributed by atoms with van der Waals surface area (Å²) >= 11 is 0. The van der Waals surface area contributed by atoms with Gasteiger partial charge in [0, 0.05) is 24.8 Å². The van der Waals surface area contributed by atoms with Gasteiger partial charge < -0.3 is 9.88 Å². The minimum absolute atomic E-state index is 0.946. The quantitative estimate of drug-likeness (QED) is 0.813. The third-order valence-electron chi connectivity index (χ3n) is 3.43. The third kappa shape index (κ3) is 1.60. The highest BCUT2D eigenvalue weighted by molar-refractivity contribution is 5.70. The SMILES string of the molecule is Cc1nnc(-c2cccc3c2CCCN3)n1C. The molecule has 0 spiro atoms. The second kappa shape index (κ2) is 3.87. The highest BCUT2D eigenvalue weighted by Gasteiger charge is 2.17. The molecule has 0 bridgehead atoms. The Labute approximate surface area is 101 Å². The van der Waals surface area contributed by atoms with Crippen molar-refractivity contribution >= 4 is 5.69 Å². The fraction of sp³-hybridized carbons (Fsp3) is 0.385. The van der Waals surface area contributed by atoms with Gasteiger partial charge in [0.2, 0.25) is 0 Å². The summed E-state index contributed by atoms with van der Waals surface area (Å²) in [6.45, 7) is 3.04. The molecule has 0 aliphatic carbocycles. The van der Waals surface area contributed by atoms with Crippen molar-refractivity contribution in [2.45, 2.75) is 19.8 Å². The van der Waals surface area contributed by atoms with E-state index in [1.54, 1.807) is 0 Å². The maximum absolute atomic E-state index is 4.28. The molecule has 0 saturated carbocycles. The van der Waals surface area contributed by atoms with Gasteiger partial charge in [-0.2, -0.15) is 0 Å². The van der Waals surface area contributed by atoms with Crippen LogP contribution < -0.4 is 5.32 Å². The van der Waals surface area contributed by atoms with Crippen LogP contribution in [0.3, 0.4) is 0 Å². The van der Waals surface area contributed by atoms with Crippen molar-refractivity contribution in [3.8, 4) is 11.4 Å². The van der Waals surface area contributed by atoms with Crippen LogP contribution in [0, 0.1) is 6.92 Å².